The first-order valence-corrected chi connectivity index (χ1v) is 10.0. The van der Waals surface area contributed by atoms with Gasteiger partial charge in [0.1, 0.15) is 0 Å². The molecular weight excluding hydrogens is 372 g/mol. The second-order valence-electron chi connectivity index (χ2n) is 6.50. The molecule has 0 aromatic heterocycles. The van der Waals surface area contributed by atoms with Crippen molar-refractivity contribution in [2.75, 3.05) is 40.6 Å². The summed E-state index contributed by atoms with van der Waals surface area (Å²) in [6, 6.07) is 3.95. The van der Waals surface area contributed by atoms with Gasteiger partial charge in [-0.05, 0) is 62.2 Å². The van der Waals surface area contributed by atoms with Crippen molar-refractivity contribution in [3.8, 4) is 11.5 Å². The van der Waals surface area contributed by atoms with Crippen LogP contribution in [0.4, 0.5) is 0 Å². The van der Waals surface area contributed by atoms with Gasteiger partial charge >= 0.3 is 0 Å². The Hall–Kier alpha value is -1.11. The maximum absolute atomic E-state index is 12.5. The molecule has 1 saturated heterocycles. The first-order chi connectivity index (χ1) is 12.1. The molecule has 1 amide bonds. The minimum absolute atomic E-state index is 0. The summed E-state index contributed by atoms with van der Waals surface area (Å²) in [5.41, 5.74) is 1.09. The molecular formula is C19H31ClN2O3S. The van der Waals surface area contributed by atoms with Crippen molar-refractivity contribution in [1.82, 2.24) is 10.2 Å². The Morgan fingerprint density at radius 2 is 1.85 bits per heavy atom. The van der Waals surface area contributed by atoms with Gasteiger partial charge in [-0.1, -0.05) is 0 Å². The van der Waals surface area contributed by atoms with Crippen molar-refractivity contribution in [3.63, 3.8) is 0 Å². The third-order valence-corrected chi connectivity index (χ3v) is 5.66. The molecule has 0 spiro atoms. The van der Waals surface area contributed by atoms with Crippen LogP contribution in [0.25, 0.3) is 0 Å². The molecule has 0 aliphatic carbocycles. The first kappa shape index (κ1) is 22.9. The molecule has 1 heterocycles. The minimum Gasteiger partial charge on any atom is -0.493 e. The van der Waals surface area contributed by atoms with Crippen LogP contribution in [0.2, 0.25) is 0 Å². The van der Waals surface area contributed by atoms with E-state index in [4.69, 9.17) is 9.47 Å². The number of ether oxygens (including phenoxy) is 2. The molecule has 26 heavy (non-hydrogen) atoms. The average molecular weight is 403 g/mol. The van der Waals surface area contributed by atoms with E-state index in [2.05, 4.69) is 5.32 Å². The van der Waals surface area contributed by atoms with Gasteiger partial charge in [0.15, 0.2) is 11.5 Å². The smallest absolute Gasteiger partial charge is 0.222 e. The Morgan fingerprint density at radius 1 is 1.23 bits per heavy atom. The Labute approximate surface area is 167 Å². The van der Waals surface area contributed by atoms with Gasteiger partial charge in [0.2, 0.25) is 5.91 Å². The zero-order valence-corrected chi connectivity index (χ0v) is 17.8. The van der Waals surface area contributed by atoms with Crippen molar-refractivity contribution in [2.45, 2.75) is 37.1 Å². The number of nitrogens with one attached hydrogen (secondary N) is 1. The fourth-order valence-electron chi connectivity index (χ4n) is 3.25. The fraction of sp³-hybridized carbons (Fsp3) is 0.632. The summed E-state index contributed by atoms with van der Waals surface area (Å²) in [7, 11) is 5.15. The molecule has 2 rings (SSSR count). The number of hydrogen-bond donors (Lipinski definition) is 1. The standard InChI is InChI=1S/C19H30N2O3S.ClH/c1-21(19(22)6-5-14-7-9-20-10-8-14)13-15-11-16(23-2)17(24-3)12-18(15)25-4;/h11-12,14,20H,5-10,13H2,1-4H3;1H. The van der Waals surface area contributed by atoms with E-state index in [1.165, 1.54) is 12.8 Å². The van der Waals surface area contributed by atoms with E-state index >= 15 is 0 Å². The Bertz CT molecular complexity index is 580. The third kappa shape index (κ3) is 6.25. The Morgan fingerprint density at radius 3 is 2.42 bits per heavy atom. The molecule has 5 nitrogen and oxygen atoms in total. The molecule has 1 aromatic rings. The van der Waals surface area contributed by atoms with E-state index in [0.29, 0.717) is 24.6 Å². The number of hydrogen-bond acceptors (Lipinski definition) is 5. The molecule has 0 radical (unpaired) electrons. The van der Waals surface area contributed by atoms with Crippen LogP contribution in [-0.4, -0.2) is 51.4 Å². The van der Waals surface area contributed by atoms with Gasteiger partial charge < -0.3 is 19.7 Å². The van der Waals surface area contributed by atoms with Gasteiger partial charge in [0.25, 0.3) is 0 Å². The number of thioether (sulfide) groups is 1. The van der Waals surface area contributed by atoms with Crippen LogP contribution < -0.4 is 14.8 Å². The van der Waals surface area contributed by atoms with Crippen LogP contribution in [-0.2, 0) is 11.3 Å². The summed E-state index contributed by atoms with van der Waals surface area (Å²) >= 11 is 1.65. The minimum atomic E-state index is 0. The predicted octanol–water partition coefficient (Wildman–Crippen LogP) is 3.59. The normalized spacial score (nSPS) is 14.5. The highest BCUT2D eigenvalue weighted by Gasteiger charge is 2.18. The van der Waals surface area contributed by atoms with Gasteiger partial charge in [0, 0.05) is 24.9 Å². The summed E-state index contributed by atoms with van der Waals surface area (Å²) in [6.45, 7) is 2.75. The lowest BCUT2D eigenvalue weighted by Gasteiger charge is -2.24. The zero-order valence-electron chi connectivity index (χ0n) is 16.2. The molecule has 0 bridgehead atoms. The van der Waals surface area contributed by atoms with Crippen molar-refractivity contribution >= 4 is 30.1 Å². The monoisotopic (exact) mass is 402 g/mol. The molecule has 1 aliphatic rings. The lowest BCUT2D eigenvalue weighted by atomic mass is 9.93. The van der Waals surface area contributed by atoms with E-state index < -0.39 is 0 Å². The number of carbonyl (C=O) groups is 1. The van der Waals surface area contributed by atoms with E-state index in [0.717, 1.165) is 35.7 Å². The summed E-state index contributed by atoms with van der Waals surface area (Å²) in [4.78, 5) is 15.4. The third-order valence-electron chi connectivity index (χ3n) is 4.85. The van der Waals surface area contributed by atoms with Crippen LogP contribution in [0.3, 0.4) is 0 Å². The molecule has 0 unspecified atom stereocenters. The Kier molecular flexibility index (Phi) is 10.2. The molecule has 0 saturated carbocycles. The number of benzene rings is 1. The average Bonchev–Trinajstić information content (AvgIpc) is 2.66. The number of methoxy groups -OCH3 is 2. The van der Waals surface area contributed by atoms with E-state index in [9.17, 15) is 4.79 Å². The maximum Gasteiger partial charge on any atom is 0.222 e. The highest BCUT2D eigenvalue weighted by Crippen LogP contribution is 2.35. The molecule has 1 N–H and O–H groups in total. The van der Waals surface area contributed by atoms with Crippen LogP contribution in [0.5, 0.6) is 11.5 Å². The molecule has 1 aromatic carbocycles. The molecule has 7 heteroatoms. The van der Waals surface area contributed by atoms with Crippen molar-refractivity contribution < 1.29 is 14.3 Å². The largest absolute Gasteiger partial charge is 0.493 e. The number of halogens is 1. The van der Waals surface area contributed by atoms with Crippen molar-refractivity contribution in [2.24, 2.45) is 5.92 Å². The van der Waals surface area contributed by atoms with E-state index in [-0.39, 0.29) is 18.3 Å². The van der Waals surface area contributed by atoms with Gasteiger partial charge in [-0.3, -0.25) is 4.79 Å². The molecule has 1 fully saturated rings. The molecule has 0 atom stereocenters. The van der Waals surface area contributed by atoms with Crippen molar-refractivity contribution in [3.05, 3.63) is 17.7 Å². The van der Waals surface area contributed by atoms with Gasteiger partial charge in [-0.15, -0.1) is 24.2 Å². The van der Waals surface area contributed by atoms with Crippen LogP contribution in [0.1, 0.15) is 31.2 Å². The summed E-state index contributed by atoms with van der Waals surface area (Å²) < 4.78 is 10.8. The van der Waals surface area contributed by atoms with Crippen LogP contribution in [0, 0.1) is 5.92 Å². The topological polar surface area (TPSA) is 50.8 Å². The SMILES string of the molecule is COc1cc(CN(C)C(=O)CCC2CCNCC2)c(SC)cc1OC.Cl. The fourth-order valence-corrected chi connectivity index (χ4v) is 3.86. The second-order valence-corrected chi connectivity index (χ2v) is 7.35. The summed E-state index contributed by atoms with van der Waals surface area (Å²) in [5.74, 6) is 2.31. The number of nitrogens with zero attached hydrogens (tertiary/aromatic N) is 1. The zero-order chi connectivity index (χ0) is 18.2. The lowest BCUT2D eigenvalue weighted by Crippen LogP contribution is -2.30. The van der Waals surface area contributed by atoms with Crippen LogP contribution >= 0.6 is 24.2 Å². The Balaban J connectivity index is 0.00000338. The molecule has 148 valence electrons. The number of piperidine rings is 1. The highest BCUT2D eigenvalue weighted by molar-refractivity contribution is 7.98. The van der Waals surface area contributed by atoms with E-state index in [1.807, 2.05) is 30.3 Å². The number of carbonyl (C=O) groups excluding carboxylic acids is 1. The first-order valence-electron chi connectivity index (χ1n) is 8.82. The number of amides is 1. The summed E-state index contributed by atoms with van der Waals surface area (Å²) in [5, 5.41) is 3.37. The van der Waals surface area contributed by atoms with E-state index in [1.54, 1.807) is 26.0 Å². The predicted molar refractivity (Wildman–Crippen MR) is 110 cm³/mol. The van der Waals surface area contributed by atoms with Crippen LogP contribution in [0.15, 0.2) is 17.0 Å². The number of rotatable bonds is 8. The van der Waals surface area contributed by atoms with Gasteiger partial charge in [-0.25, -0.2) is 0 Å². The molecule has 1 aliphatic heterocycles. The lowest BCUT2D eigenvalue weighted by molar-refractivity contribution is -0.130. The summed E-state index contributed by atoms with van der Waals surface area (Å²) in [6.07, 6.45) is 6.02. The highest BCUT2D eigenvalue weighted by atomic mass is 35.5. The quantitative estimate of drug-likeness (QED) is 0.673. The van der Waals surface area contributed by atoms with Gasteiger partial charge in [0.05, 0.1) is 14.2 Å². The van der Waals surface area contributed by atoms with Gasteiger partial charge in [-0.2, -0.15) is 0 Å². The maximum atomic E-state index is 12.5. The van der Waals surface area contributed by atoms with Crippen molar-refractivity contribution in [1.29, 1.82) is 0 Å². The second kappa shape index (κ2) is 11.6.